The smallest absolute Gasteiger partial charge is 0.262 e. The summed E-state index contributed by atoms with van der Waals surface area (Å²) < 4.78 is 33.9. The molecule has 33 heavy (non-hydrogen) atoms. The van der Waals surface area contributed by atoms with Crippen molar-refractivity contribution in [1.82, 2.24) is 4.31 Å². The molecule has 0 bridgehead atoms. The van der Waals surface area contributed by atoms with Crippen molar-refractivity contribution in [2.24, 2.45) is 0 Å². The molecule has 1 aliphatic carbocycles. The van der Waals surface area contributed by atoms with Crippen molar-refractivity contribution >= 4 is 48.3 Å². The average Bonchev–Trinajstić information content (AvgIpc) is 2.84. The van der Waals surface area contributed by atoms with Gasteiger partial charge in [-0.2, -0.15) is 4.31 Å². The minimum absolute atomic E-state index is 0.0507. The number of carbonyl (C=O) groups is 1. The zero-order chi connectivity index (χ0) is 23.4. The van der Waals surface area contributed by atoms with E-state index in [1.54, 1.807) is 19.2 Å². The molecule has 0 atom stereocenters. The molecule has 0 heterocycles. The van der Waals surface area contributed by atoms with Crippen LogP contribution in [0.4, 0.5) is 5.69 Å². The predicted molar refractivity (Wildman–Crippen MR) is 134 cm³/mol. The molecule has 0 aromatic heterocycles. The third-order valence-electron chi connectivity index (χ3n) is 6.09. The molecule has 3 aromatic carbocycles. The van der Waals surface area contributed by atoms with E-state index >= 15 is 0 Å². The van der Waals surface area contributed by atoms with Crippen LogP contribution in [0.2, 0.25) is 0 Å². The second kappa shape index (κ2) is 10.2. The molecule has 1 amide bonds. The maximum absolute atomic E-state index is 13.0. The molecule has 1 fully saturated rings. The number of nitrogens with zero attached hydrogens (tertiary/aromatic N) is 1. The van der Waals surface area contributed by atoms with Crippen LogP contribution in [0.15, 0.2) is 70.0 Å². The lowest BCUT2D eigenvalue weighted by Crippen LogP contribution is -2.38. The van der Waals surface area contributed by atoms with Crippen LogP contribution in [0.25, 0.3) is 10.8 Å². The maximum Gasteiger partial charge on any atom is 0.262 e. The highest BCUT2D eigenvalue weighted by Crippen LogP contribution is 2.33. The van der Waals surface area contributed by atoms with Crippen molar-refractivity contribution in [2.45, 2.75) is 43.0 Å². The number of hydrogen-bond donors (Lipinski definition) is 1. The highest BCUT2D eigenvalue weighted by atomic mass is 79.9. The van der Waals surface area contributed by atoms with Gasteiger partial charge < -0.3 is 10.1 Å². The average molecular weight is 531 g/mol. The predicted octanol–water partition coefficient (Wildman–Crippen LogP) is 5.57. The first-order valence-electron chi connectivity index (χ1n) is 11.0. The summed E-state index contributed by atoms with van der Waals surface area (Å²) >= 11 is 3.55. The number of amides is 1. The first-order chi connectivity index (χ1) is 15.9. The van der Waals surface area contributed by atoms with E-state index in [0.717, 1.165) is 40.9 Å². The second-order valence-electron chi connectivity index (χ2n) is 8.27. The number of ether oxygens (including phenoxy) is 1. The molecular weight excluding hydrogens is 504 g/mol. The Bertz CT molecular complexity index is 1240. The zero-order valence-corrected chi connectivity index (χ0v) is 20.9. The van der Waals surface area contributed by atoms with E-state index in [1.165, 1.54) is 22.9 Å². The molecule has 0 spiro atoms. The number of fused-ring (bicyclic) bond motifs is 1. The molecule has 1 aliphatic rings. The number of benzene rings is 3. The number of rotatable bonds is 7. The topological polar surface area (TPSA) is 75.7 Å². The third kappa shape index (κ3) is 5.39. The van der Waals surface area contributed by atoms with Crippen LogP contribution in [0.3, 0.4) is 0 Å². The number of halogens is 1. The van der Waals surface area contributed by atoms with Gasteiger partial charge in [0.25, 0.3) is 5.91 Å². The standard InChI is InChI=1S/C25H27BrN2O4S/c1-28(20-8-3-2-4-9-20)33(30,31)21-14-12-19(13-15-21)27-24(29)17-32-23-16-11-18-7-5-6-10-22(18)25(23)26/h5-7,10-16,20H,2-4,8-9,17H2,1H3,(H,27,29). The van der Waals surface area contributed by atoms with Gasteiger partial charge in [0.05, 0.1) is 9.37 Å². The van der Waals surface area contributed by atoms with E-state index < -0.39 is 10.0 Å². The molecule has 4 rings (SSSR count). The van der Waals surface area contributed by atoms with Crippen LogP contribution >= 0.6 is 15.9 Å². The van der Waals surface area contributed by atoms with E-state index in [4.69, 9.17) is 4.74 Å². The Morgan fingerprint density at radius 2 is 1.73 bits per heavy atom. The van der Waals surface area contributed by atoms with Crippen LogP contribution in [-0.4, -0.2) is 38.3 Å². The van der Waals surface area contributed by atoms with Crippen molar-refractivity contribution < 1.29 is 17.9 Å². The Labute approximate surface area is 203 Å². The minimum atomic E-state index is -3.56. The summed E-state index contributed by atoms with van der Waals surface area (Å²) in [4.78, 5) is 12.6. The molecule has 0 unspecified atom stereocenters. The molecule has 1 N–H and O–H groups in total. The number of nitrogens with one attached hydrogen (secondary N) is 1. The summed E-state index contributed by atoms with van der Waals surface area (Å²) in [6, 6.07) is 18.0. The summed E-state index contributed by atoms with van der Waals surface area (Å²) in [6.07, 6.45) is 5.09. The molecule has 174 valence electrons. The SMILES string of the molecule is CN(C1CCCCC1)S(=O)(=O)c1ccc(NC(=O)COc2ccc3ccccc3c2Br)cc1. The Kier molecular flexibility index (Phi) is 7.36. The molecule has 3 aromatic rings. The molecular formula is C25H27BrN2O4S. The van der Waals surface area contributed by atoms with E-state index in [0.29, 0.717) is 11.4 Å². The lowest BCUT2D eigenvalue weighted by Gasteiger charge is -2.30. The minimum Gasteiger partial charge on any atom is -0.483 e. The Balaban J connectivity index is 1.37. The Morgan fingerprint density at radius 1 is 1.03 bits per heavy atom. The van der Waals surface area contributed by atoms with Crippen molar-refractivity contribution in [1.29, 1.82) is 0 Å². The second-order valence-corrected chi connectivity index (χ2v) is 11.1. The fraction of sp³-hybridized carbons (Fsp3) is 0.320. The highest BCUT2D eigenvalue weighted by molar-refractivity contribution is 9.10. The van der Waals surface area contributed by atoms with Crippen LogP contribution in [0, 0.1) is 0 Å². The highest BCUT2D eigenvalue weighted by Gasteiger charge is 2.28. The molecule has 0 aliphatic heterocycles. The number of hydrogen-bond acceptors (Lipinski definition) is 4. The maximum atomic E-state index is 13.0. The molecule has 0 radical (unpaired) electrons. The van der Waals surface area contributed by atoms with Gasteiger partial charge in [-0.25, -0.2) is 8.42 Å². The lowest BCUT2D eigenvalue weighted by atomic mass is 9.96. The Hall–Kier alpha value is -2.42. The summed E-state index contributed by atoms with van der Waals surface area (Å²) in [5.74, 6) is 0.251. The largest absolute Gasteiger partial charge is 0.483 e. The molecule has 8 heteroatoms. The van der Waals surface area contributed by atoms with Gasteiger partial charge in [0.15, 0.2) is 6.61 Å². The summed E-state index contributed by atoms with van der Waals surface area (Å²) in [6.45, 7) is -0.165. The number of sulfonamides is 1. The van der Waals surface area contributed by atoms with E-state index in [1.807, 2.05) is 36.4 Å². The normalized spacial score (nSPS) is 15.0. The van der Waals surface area contributed by atoms with Gasteiger partial charge in [0, 0.05) is 18.8 Å². The van der Waals surface area contributed by atoms with E-state index in [9.17, 15) is 13.2 Å². The molecule has 1 saturated carbocycles. The van der Waals surface area contributed by atoms with Gasteiger partial charge in [0.2, 0.25) is 10.0 Å². The summed E-state index contributed by atoms with van der Waals surface area (Å²) in [7, 11) is -1.91. The van der Waals surface area contributed by atoms with E-state index in [2.05, 4.69) is 21.2 Å². The van der Waals surface area contributed by atoms with E-state index in [-0.39, 0.29) is 23.5 Å². The fourth-order valence-corrected chi connectivity index (χ4v) is 6.21. The first kappa shape index (κ1) is 23.7. The Morgan fingerprint density at radius 3 is 2.45 bits per heavy atom. The van der Waals surface area contributed by atoms with Crippen LogP contribution in [-0.2, 0) is 14.8 Å². The van der Waals surface area contributed by atoms with Crippen LogP contribution in [0.5, 0.6) is 5.75 Å². The van der Waals surface area contributed by atoms with Gasteiger partial charge in [-0.1, -0.05) is 49.6 Å². The molecule has 6 nitrogen and oxygen atoms in total. The zero-order valence-electron chi connectivity index (χ0n) is 18.5. The van der Waals surface area contributed by atoms with Crippen LogP contribution in [0.1, 0.15) is 32.1 Å². The van der Waals surface area contributed by atoms with Crippen molar-refractivity contribution in [3.63, 3.8) is 0 Å². The third-order valence-corrected chi connectivity index (χ3v) is 8.83. The van der Waals surface area contributed by atoms with Gasteiger partial charge in [-0.15, -0.1) is 0 Å². The first-order valence-corrected chi connectivity index (χ1v) is 13.3. The van der Waals surface area contributed by atoms with Crippen molar-refractivity contribution in [3.05, 3.63) is 65.1 Å². The van der Waals surface area contributed by atoms with Gasteiger partial charge in [-0.05, 0) is 69.9 Å². The van der Waals surface area contributed by atoms with Crippen LogP contribution < -0.4 is 10.1 Å². The van der Waals surface area contributed by atoms with Gasteiger partial charge in [0.1, 0.15) is 5.75 Å². The summed E-state index contributed by atoms with van der Waals surface area (Å²) in [5.41, 5.74) is 0.514. The lowest BCUT2D eigenvalue weighted by molar-refractivity contribution is -0.118. The summed E-state index contributed by atoms with van der Waals surface area (Å²) in [5, 5.41) is 4.83. The van der Waals surface area contributed by atoms with Crippen molar-refractivity contribution in [2.75, 3.05) is 19.0 Å². The fourth-order valence-electron chi connectivity index (χ4n) is 4.18. The van der Waals surface area contributed by atoms with Gasteiger partial charge >= 0.3 is 0 Å². The monoisotopic (exact) mass is 530 g/mol. The molecule has 0 saturated heterocycles. The van der Waals surface area contributed by atoms with Crippen molar-refractivity contribution in [3.8, 4) is 5.75 Å². The number of carbonyl (C=O) groups excluding carboxylic acids is 1. The van der Waals surface area contributed by atoms with Gasteiger partial charge in [-0.3, -0.25) is 4.79 Å². The quantitative estimate of drug-likeness (QED) is 0.433. The number of anilines is 1.